The third-order valence-corrected chi connectivity index (χ3v) is 5.43. The molecule has 30 heavy (non-hydrogen) atoms. The minimum Gasteiger partial charge on any atom is -0.493 e. The van der Waals surface area contributed by atoms with Crippen LogP contribution in [0, 0.1) is 13.8 Å². The van der Waals surface area contributed by atoms with Crippen molar-refractivity contribution in [1.82, 2.24) is 5.32 Å². The second-order valence-corrected chi connectivity index (χ2v) is 7.96. The van der Waals surface area contributed by atoms with E-state index in [2.05, 4.69) is 21.2 Å². The highest BCUT2D eigenvalue weighted by atomic mass is 79.9. The molecular formula is C22H21BrN2O4S. The smallest absolute Gasteiger partial charge is 0.270 e. The van der Waals surface area contributed by atoms with Crippen LogP contribution in [0.3, 0.4) is 0 Å². The number of methoxy groups -OCH3 is 1. The molecule has 2 amide bonds. The number of ether oxygens (including phenoxy) is 2. The summed E-state index contributed by atoms with van der Waals surface area (Å²) in [4.78, 5) is 27.2. The Kier molecular flexibility index (Phi) is 6.58. The molecule has 1 aliphatic rings. The van der Waals surface area contributed by atoms with Gasteiger partial charge in [0.05, 0.1) is 23.9 Å². The van der Waals surface area contributed by atoms with Gasteiger partial charge in [0.1, 0.15) is 5.57 Å². The van der Waals surface area contributed by atoms with E-state index < -0.39 is 11.8 Å². The molecule has 1 aliphatic heterocycles. The fourth-order valence-corrected chi connectivity index (χ4v) is 3.96. The Morgan fingerprint density at radius 2 is 1.93 bits per heavy atom. The van der Waals surface area contributed by atoms with Crippen molar-refractivity contribution in [2.24, 2.45) is 0 Å². The largest absolute Gasteiger partial charge is 0.493 e. The monoisotopic (exact) mass is 488 g/mol. The average molecular weight is 489 g/mol. The van der Waals surface area contributed by atoms with Gasteiger partial charge in [-0.15, -0.1) is 0 Å². The van der Waals surface area contributed by atoms with Crippen molar-refractivity contribution in [3.63, 3.8) is 0 Å². The summed E-state index contributed by atoms with van der Waals surface area (Å²) in [7, 11) is 1.53. The van der Waals surface area contributed by atoms with Gasteiger partial charge in [-0.1, -0.05) is 12.1 Å². The van der Waals surface area contributed by atoms with Gasteiger partial charge < -0.3 is 9.47 Å². The highest BCUT2D eigenvalue weighted by Crippen LogP contribution is 2.37. The van der Waals surface area contributed by atoms with Crippen LogP contribution >= 0.6 is 28.1 Å². The number of rotatable bonds is 5. The number of carbonyl (C=O) groups excluding carboxylic acids is 2. The van der Waals surface area contributed by atoms with Gasteiger partial charge in [0.15, 0.2) is 16.6 Å². The minimum absolute atomic E-state index is 0.0254. The first kappa shape index (κ1) is 22.0. The molecule has 0 atom stereocenters. The van der Waals surface area contributed by atoms with Crippen molar-refractivity contribution in [1.29, 1.82) is 0 Å². The molecule has 0 aliphatic carbocycles. The quantitative estimate of drug-likeness (QED) is 0.385. The Bertz CT molecular complexity index is 1080. The van der Waals surface area contributed by atoms with E-state index in [0.717, 1.165) is 11.1 Å². The van der Waals surface area contributed by atoms with Gasteiger partial charge in [-0.3, -0.25) is 19.8 Å². The molecule has 0 bridgehead atoms. The number of carbonyl (C=O) groups is 2. The number of nitrogens with zero attached hydrogens (tertiary/aromatic N) is 1. The molecule has 1 N–H and O–H groups in total. The van der Waals surface area contributed by atoms with Crippen LogP contribution in [-0.2, 0) is 9.59 Å². The predicted molar refractivity (Wildman–Crippen MR) is 124 cm³/mol. The van der Waals surface area contributed by atoms with E-state index in [-0.39, 0.29) is 10.7 Å². The Morgan fingerprint density at radius 1 is 1.20 bits per heavy atom. The summed E-state index contributed by atoms with van der Waals surface area (Å²) >= 11 is 8.75. The summed E-state index contributed by atoms with van der Waals surface area (Å²) in [6.07, 6.45) is 1.51. The molecule has 156 valence electrons. The maximum absolute atomic E-state index is 13.3. The summed E-state index contributed by atoms with van der Waals surface area (Å²) in [5.74, 6) is 0.0142. The molecule has 0 radical (unpaired) electrons. The van der Waals surface area contributed by atoms with E-state index in [4.69, 9.17) is 21.7 Å². The number of halogens is 1. The molecule has 6 nitrogen and oxygen atoms in total. The highest BCUT2D eigenvalue weighted by Gasteiger charge is 2.35. The van der Waals surface area contributed by atoms with Gasteiger partial charge in [-0.05, 0) is 89.9 Å². The van der Waals surface area contributed by atoms with Crippen LogP contribution in [0.2, 0.25) is 0 Å². The lowest BCUT2D eigenvalue weighted by Crippen LogP contribution is -2.54. The number of hydrogen-bond acceptors (Lipinski definition) is 5. The van der Waals surface area contributed by atoms with Crippen LogP contribution < -0.4 is 19.7 Å². The third-order valence-electron chi connectivity index (χ3n) is 4.56. The first-order chi connectivity index (χ1) is 14.3. The molecule has 2 aromatic carbocycles. The van der Waals surface area contributed by atoms with E-state index in [1.54, 1.807) is 12.1 Å². The maximum atomic E-state index is 13.3. The number of nitrogens with one attached hydrogen (secondary N) is 1. The van der Waals surface area contributed by atoms with Crippen LogP contribution in [0.1, 0.15) is 23.6 Å². The lowest BCUT2D eigenvalue weighted by atomic mass is 10.0. The van der Waals surface area contributed by atoms with Gasteiger partial charge in [0, 0.05) is 0 Å². The molecular weight excluding hydrogens is 468 g/mol. The normalized spacial score (nSPS) is 15.4. The molecule has 0 aromatic heterocycles. The van der Waals surface area contributed by atoms with Crippen molar-refractivity contribution in [3.8, 4) is 11.5 Å². The number of benzene rings is 2. The van der Waals surface area contributed by atoms with Crippen molar-refractivity contribution in [2.75, 3.05) is 18.6 Å². The lowest BCUT2D eigenvalue weighted by molar-refractivity contribution is -0.122. The van der Waals surface area contributed by atoms with Gasteiger partial charge in [-0.2, -0.15) is 0 Å². The zero-order valence-corrected chi connectivity index (χ0v) is 19.4. The van der Waals surface area contributed by atoms with Crippen molar-refractivity contribution in [3.05, 3.63) is 57.1 Å². The van der Waals surface area contributed by atoms with Crippen molar-refractivity contribution < 1.29 is 19.1 Å². The molecule has 1 heterocycles. The summed E-state index contributed by atoms with van der Waals surface area (Å²) in [6.45, 7) is 6.16. The predicted octanol–water partition coefficient (Wildman–Crippen LogP) is 4.30. The van der Waals surface area contributed by atoms with E-state index >= 15 is 0 Å². The molecule has 0 spiro atoms. The summed E-state index contributed by atoms with van der Waals surface area (Å²) in [6, 6.07) is 9.20. The molecule has 3 rings (SSSR count). The Balaban J connectivity index is 2.07. The summed E-state index contributed by atoms with van der Waals surface area (Å²) < 4.78 is 11.6. The topological polar surface area (TPSA) is 67.9 Å². The number of amides is 2. The standard InChI is InChI=1S/C22H21BrN2O4S/c1-5-29-19-16(23)10-14(11-18(19)28-4)9-15-20(26)24-22(30)25(21(15)27)17-8-12(2)6-7-13(17)3/h6-11H,5H2,1-4H3,(H,24,26,30)/b15-9+. The van der Waals surface area contributed by atoms with Crippen LogP contribution in [0.4, 0.5) is 5.69 Å². The Labute approximate surface area is 189 Å². The number of hydrogen-bond donors (Lipinski definition) is 1. The Morgan fingerprint density at radius 3 is 2.60 bits per heavy atom. The van der Waals surface area contributed by atoms with Gasteiger partial charge in [0.25, 0.3) is 11.8 Å². The van der Waals surface area contributed by atoms with Gasteiger partial charge in [-0.25, -0.2) is 0 Å². The molecule has 1 saturated heterocycles. The third kappa shape index (κ3) is 4.24. The second kappa shape index (κ2) is 8.97. The van der Waals surface area contributed by atoms with Gasteiger partial charge >= 0.3 is 0 Å². The molecule has 0 unspecified atom stereocenters. The maximum Gasteiger partial charge on any atom is 0.270 e. The Hall–Kier alpha value is -2.71. The zero-order chi connectivity index (χ0) is 22.0. The molecule has 0 saturated carbocycles. The fourth-order valence-electron chi connectivity index (χ4n) is 3.11. The number of aryl methyl sites for hydroxylation is 2. The molecule has 2 aromatic rings. The second-order valence-electron chi connectivity index (χ2n) is 6.71. The lowest BCUT2D eigenvalue weighted by Gasteiger charge is -2.30. The average Bonchev–Trinajstić information content (AvgIpc) is 2.69. The highest BCUT2D eigenvalue weighted by molar-refractivity contribution is 9.10. The first-order valence-corrected chi connectivity index (χ1v) is 10.5. The molecule has 8 heteroatoms. The molecule has 1 fully saturated rings. The van der Waals surface area contributed by atoms with Crippen LogP contribution in [-0.4, -0.2) is 30.6 Å². The van der Waals surface area contributed by atoms with Crippen LogP contribution in [0.15, 0.2) is 40.4 Å². The number of anilines is 1. The summed E-state index contributed by atoms with van der Waals surface area (Å²) in [5.41, 5.74) is 3.07. The van der Waals surface area contributed by atoms with E-state index in [0.29, 0.717) is 33.8 Å². The first-order valence-electron chi connectivity index (χ1n) is 9.25. The zero-order valence-electron chi connectivity index (χ0n) is 17.0. The van der Waals surface area contributed by atoms with Crippen LogP contribution in [0.25, 0.3) is 6.08 Å². The van der Waals surface area contributed by atoms with Crippen molar-refractivity contribution in [2.45, 2.75) is 20.8 Å². The van der Waals surface area contributed by atoms with Crippen LogP contribution in [0.5, 0.6) is 11.5 Å². The van der Waals surface area contributed by atoms with Gasteiger partial charge in [0.2, 0.25) is 0 Å². The fraction of sp³-hybridized carbons (Fsp3) is 0.227. The van der Waals surface area contributed by atoms with E-state index in [1.165, 1.54) is 18.1 Å². The number of thiocarbonyl (C=S) groups is 1. The van der Waals surface area contributed by atoms with E-state index in [1.807, 2.05) is 39.0 Å². The summed E-state index contributed by atoms with van der Waals surface area (Å²) in [5, 5.41) is 2.67. The SMILES string of the molecule is CCOc1c(Br)cc(/C=C2\C(=O)NC(=S)N(c3cc(C)ccc3C)C2=O)cc1OC. The van der Waals surface area contributed by atoms with Crippen molar-refractivity contribution >= 4 is 56.8 Å². The minimum atomic E-state index is -0.546. The van der Waals surface area contributed by atoms with E-state index in [9.17, 15) is 9.59 Å².